The molecular weight excluding hydrogens is 369 g/mol. The molecule has 0 bridgehead atoms. The summed E-state index contributed by atoms with van der Waals surface area (Å²) in [6, 6.07) is 8.81. The lowest BCUT2D eigenvalue weighted by atomic mass is 10.1. The summed E-state index contributed by atoms with van der Waals surface area (Å²) < 4.78 is 45.5. The van der Waals surface area contributed by atoms with Crippen LogP contribution in [0.25, 0.3) is 0 Å². The van der Waals surface area contributed by atoms with Crippen molar-refractivity contribution in [2.24, 2.45) is 0 Å². The lowest BCUT2D eigenvalue weighted by Crippen LogP contribution is -2.08. The molecule has 0 aromatic heterocycles. The van der Waals surface area contributed by atoms with Crippen LogP contribution in [0, 0.1) is 6.92 Å². The van der Waals surface area contributed by atoms with E-state index in [4.69, 9.17) is 16.3 Å². The fourth-order valence-corrected chi connectivity index (χ4v) is 2.19. The third-order valence-electron chi connectivity index (χ3n) is 2.86. The topological polar surface area (TPSA) is 9.23 Å². The Morgan fingerprint density at radius 3 is 2.43 bits per heavy atom. The summed E-state index contributed by atoms with van der Waals surface area (Å²) in [7, 11) is 0. The molecule has 0 aliphatic heterocycles. The van der Waals surface area contributed by atoms with Crippen molar-refractivity contribution in [2.45, 2.75) is 19.0 Å². The first-order valence-electron chi connectivity index (χ1n) is 6.01. The normalized spacial score (nSPS) is 11.5. The maximum absolute atomic E-state index is 13.1. The number of benzene rings is 2. The second-order valence-electron chi connectivity index (χ2n) is 4.47. The van der Waals surface area contributed by atoms with Crippen molar-refractivity contribution < 1.29 is 17.9 Å². The van der Waals surface area contributed by atoms with Gasteiger partial charge in [-0.05, 0) is 48.4 Å². The van der Waals surface area contributed by atoms with Gasteiger partial charge in [0, 0.05) is 10.4 Å². The van der Waals surface area contributed by atoms with Gasteiger partial charge in [0.2, 0.25) is 0 Å². The highest BCUT2D eigenvalue weighted by Gasteiger charge is 2.34. The number of alkyl halides is 4. The van der Waals surface area contributed by atoms with Gasteiger partial charge in [0.05, 0.1) is 5.56 Å². The van der Waals surface area contributed by atoms with Crippen molar-refractivity contribution in [3.8, 4) is 11.5 Å². The van der Waals surface area contributed by atoms with Gasteiger partial charge in [-0.2, -0.15) is 13.2 Å². The van der Waals surface area contributed by atoms with E-state index in [0.29, 0.717) is 11.3 Å². The first-order valence-corrected chi connectivity index (χ1v) is 7.34. The van der Waals surface area contributed by atoms with Gasteiger partial charge >= 0.3 is 6.18 Å². The summed E-state index contributed by atoms with van der Waals surface area (Å²) in [5.41, 5.74) is 0.433. The Balaban J connectivity index is 2.41. The van der Waals surface area contributed by atoms with Crippen LogP contribution in [-0.4, -0.2) is 0 Å². The molecule has 0 amide bonds. The molecule has 21 heavy (non-hydrogen) atoms. The molecule has 0 fully saturated rings. The van der Waals surface area contributed by atoms with Crippen LogP contribution in [0.4, 0.5) is 13.2 Å². The molecule has 2 aromatic rings. The Bertz CT molecular complexity index is 656. The standard InChI is InChI=1S/C15H11BrClF3O/c1-9-6-11(3-4-13(9)16)21-14-5-2-10(8-17)7-12(14)15(18,19)20/h2-7H,8H2,1H3. The maximum atomic E-state index is 13.1. The summed E-state index contributed by atoms with van der Waals surface area (Å²) in [4.78, 5) is 0. The molecule has 0 atom stereocenters. The SMILES string of the molecule is Cc1cc(Oc2ccc(CCl)cc2C(F)(F)F)ccc1Br. The number of hydrogen-bond acceptors (Lipinski definition) is 1. The highest BCUT2D eigenvalue weighted by Crippen LogP contribution is 2.39. The van der Waals surface area contributed by atoms with E-state index in [2.05, 4.69) is 15.9 Å². The molecule has 0 aliphatic rings. The molecule has 0 spiro atoms. The largest absolute Gasteiger partial charge is 0.457 e. The Morgan fingerprint density at radius 1 is 1.14 bits per heavy atom. The third-order valence-corrected chi connectivity index (χ3v) is 4.06. The zero-order chi connectivity index (χ0) is 15.6. The minimum atomic E-state index is -4.50. The third kappa shape index (κ3) is 3.92. The predicted octanol–water partition coefficient (Wildman–Crippen LogP) is 6.31. The smallest absolute Gasteiger partial charge is 0.419 e. The molecule has 0 radical (unpaired) electrons. The molecule has 0 saturated carbocycles. The minimum Gasteiger partial charge on any atom is -0.457 e. The lowest BCUT2D eigenvalue weighted by molar-refractivity contribution is -0.138. The molecule has 6 heteroatoms. The highest BCUT2D eigenvalue weighted by atomic mass is 79.9. The van der Waals surface area contributed by atoms with Crippen molar-refractivity contribution in [1.29, 1.82) is 0 Å². The van der Waals surface area contributed by atoms with Crippen molar-refractivity contribution in [2.75, 3.05) is 0 Å². The van der Waals surface area contributed by atoms with E-state index >= 15 is 0 Å². The molecule has 0 N–H and O–H groups in total. The van der Waals surface area contributed by atoms with Gasteiger partial charge in [0.15, 0.2) is 0 Å². The van der Waals surface area contributed by atoms with E-state index in [1.54, 1.807) is 18.2 Å². The van der Waals surface area contributed by atoms with Gasteiger partial charge in [-0.1, -0.05) is 22.0 Å². The van der Waals surface area contributed by atoms with Crippen LogP contribution in [0.5, 0.6) is 11.5 Å². The Kier molecular flexibility index (Phi) is 4.84. The molecule has 0 unspecified atom stereocenters. The molecule has 112 valence electrons. The second-order valence-corrected chi connectivity index (χ2v) is 5.60. The fraction of sp³-hybridized carbons (Fsp3) is 0.200. The Hall–Kier alpha value is -1.20. The van der Waals surface area contributed by atoms with Gasteiger partial charge in [-0.3, -0.25) is 0 Å². The summed E-state index contributed by atoms with van der Waals surface area (Å²) in [5, 5.41) is 0. The van der Waals surface area contributed by atoms with E-state index in [1.165, 1.54) is 12.1 Å². The van der Waals surface area contributed by atoms with Crippen LogP contribution in [0.3, 0.4) is 0 Å². The molecule has 0 saturated heterocycles. The van der Waals surface area contributed by atoms with Crippen LogP contribution < -0.4 is 4.74 Å². The number of halogens is 5. The number of hydrogen-bond donors (Lipinski definition) is 0. The number of aryl methyl sites for hydroxylation is 1. The van der Waals surface area contributed by atoms with Crippen LogP contribution in [0.2, 0.25) is 0 Å². The van der Waals surface area contributed by atoms with Crippen molar-refractivity contribution >= 4 is 27.5 Å². The molecule has 0 heterocycles. The maximum Gasteiger partial charge on any atom is 0.419 e. The number of rotatable bonds is 3. The van der Waals surface area contributed by atoms with Crippen LogP contribution in [-0.2, 0) is 12.1 Å². The molecule has 2 rings (SSSR count). The zero-order valence-corrected chi connectivity index (χ0v) is 13.3. The summed E-state index contributed by atoms with van der Waals surface area (Å²) in [6.45, 7) is 1.83. The van der Waals surface area contributed by atoms with Gasteiger partial charge in [0.25, 0.3) is 0 Å². The minimum absolute atomic E-state index is 0.0146. The van der Waals surface area contributed by atoms with Crippen molar-refractivity contribution in [3.63, 3.8) is 0 Å². The van der Waals surface area contributed by atoms with Crippen LogP contribution in [0.15, 0.2) is 40.9 Å². The first-order chi connectivity index (χ1) is 9.81. The second kappa shape index (κ2) is 6.28. The van der Waals surface area contributed by atoms with Gasteiger partial charge in [-0.15, -0.1) is 11.6 Å². The fourth-order valence-electron chi connectivity index (χ4n) is 1.78. The van der Waals surface area contributed by atoms with E-state index in [9.17, 15) is 13.2 Å². The van der Waals surface area contributed by atoms with E-state index in [0.717, 1.165) is 16.1 Å². The Morgan fingerprint density at radius 2 is 1.86 bits per heavy atom. The average Bonchev–Trinajstić information content (AvgIpc) is 2.42. The number of ether oxygens (including phenoxy) is 1. The summed E-state index contributed by atoms with van der Waals surface area (Å²) in [6.07, 6.45) is -4.50. The summed E-state index contributed by atoms with van der Waals surface area (Å²) >= 11 is 8.92. The van der Waals surface area contributed by atoms with Gasteiger partial charge < -0.3 is 4.74 Å². The zero-order valence-electron chi connectivity index (χ0n) is 11.0. The van der Waals surface area contributed by atoms with E-state index in [-0.39, 0.29) is 11.6 Å². The molecule has 0 aliphatic carbocycles. The first kappa shape index (κ1) is 16.2. The van der Waals surface area contributed by atoms with Gasteiger partial charge in [0.1, 0.15) is 11.5 Å². The van der Waals surface area contributed by atoms with E-state index < -0.39 is 11.7 Å². The quantitative estimate of drug-likeness (QED) is 0.568. The van der Waals surface area contributed by atoms with E-state index in [1.807, 2.05) is 6.92 Å². The molecule has 2 aromatic carbocycles. The summed E-state index contributed by atoms with van der Waals surface area (Å²) in [5.74, 6) is 0.124. The predicted molar refractivity (Wildman–Crippen MR) is 80.0 cm³/mol. The van der Waals surface area contributed by atoms with Crippen LogP contribution >= 0.6 is 27.5 Å². The molecule has 1 nitrogen and oxygen atoms in total. The van der Waals surface area contributed by atoms with Crippen LogP contribution in [0.1, 0.15) is 16.7 Å². The monoisotopic (exact) mass is 378 g/mol. The Labute approximate surface area is 133 Å². The van der Waals surface area contributed by atoms with Crippen molar-refractivity contribution in [3.05, 3.63) is 57.6 Å². The molecular formula is C15H11BrClF3O. The average molecular weight is 380 g/mol. The lowest BCUT2D eigenvalue weighted by Gasteiger charge is -2.15. The highest BCUT2D eigenvalue weighted by molar-refractivity contribution is 9.10. The van der Waals surface area contributed by atoms with Crippen molar-refractivity contribution in [1.82, 2.24) is 0 Å². The van der Waals surface area contributed by atoms with Gasteiger partial charge in [-0.25, -0.2) is 0 Å².